The smallest absolute Gasteiger partial charge is 0.147 e. The van der Waals surface area contributed by atoms with Crippen LogP contribution in [0.4, 0.5) is 0 Å². The van der Waals surface area contributed by atoms with Crippen molar-refractivity contribution < 1.29 is 0 Å². The summed E-state index contributed by atoms with van der Waals surface area (Å²) >= 11 is 0. The van der Waals surface area contributed by atoms with Crippen LogP contribution in [0.1, 0.15) is 44.1 Å². The van der Waals surface area contributed by atoms with Crippen LogP contribution < -0.4 is 20.9 Å². The van der Waals surface area contributed by atoms with Gasteiger partial charge >= 0.3 is 0 Å². The van der Waals surface area contributed by atoms with Gasteiger partial charge in [0, 0.05) is 22.4 Å². The van der Waals surface area contributed by atoms with E-state index >= 15 is 0 Å². The molecule has 1 aromatic heterocycles. The van der Waals surface area contributed by atoms with E-state index in [9.17, 15) is 0 Å². The molecule has 298 valence electrons. The Bertz CT molecular complexity index is 3910. The zero-order valence-corrected chi connectivity index (χ0v) is 35.1. The first-order chi connectivity index (χ1) is 31.3. The van der Waals surface area contributed by atoms with Crippen LogP contribution in [0, 0.1) is 0 Å². The van der Waals surface area contributed by atoms with Crippen molar-refractivity contribution in [3.8, 4) is 33.6 Å². The minimum atomic E-state index is 0.980. The molecule has 3 aliphatic rings. The molecular weight excluding hydrogens is 761 g/mol. The summed E-state index contributed by atoms with van der Waals surface area (Å²) in [7, 11) is 0. The van der Waals surface area contributed by atoms with E-state index in [1.165, 1.54) is 109 Å². The second kappa shape index (κ2) is 14.5. The fourth-order valence-electron chi connectivity index (χ4n) is 11.1. The molecule has 0 N–H and O–H groups in total. The van der Waals surface area contributed by atoms with Gasteiger partial charge in [-0.1, -0.05) is 176 Å². The molecule has 2 heteroatoms. The summed E-state index contributed by atoms with van der Waals surface area (Å²) in [5.41, 5.74) is 12.2. The lowest BCUT2D eigenvalue weighted by atomic mass is 9.84. The molecule has 0 aliphatic heterocycles. The summed E-state index contributed by atoms with van der Waals surface area (Å²) in [6.45, 7) is 0. The number of imidazole rings is 1. The number of benzene rings is 9. The number of rotatable bonds is 5. The number of nitrogens with zero attached hydrogens (tertiary/aromatic N) is 2. The van der Waals surface area contributed by atoms with Crippen LogP contribution in [0.2, 0.25) is 0 Å². The van der Waals surface area contributed by atoms with Crippen molar-refractivity contribution in [3.05, 3.63) is 202 Å². The van der Waals surface area contributed by atoms with Gasteiger partial charge in [0.1, 0.15) is 5.82 Å². The summed E-state index contributed by atoms with van der Waals surface area (Å²) < 4.78 is 2.55. The highest BCUT2D eigenvalue weighted by Gasteiger charge is 2.28. The quantitative estimate of drug-likeness (QED) is 0.169. The zero-order chi connectivity index (χ0) is 41.4. The highest BCUT2D eigenvalue weighted by atomic mass is 15.1. The van der Waals surface area contributed by atoms with E-state index in [0.717, 1.165) is 55.4 Å². The second-order valence-electron chi connectivity index (χ2n) is 17.4. The zero-order valence-electron chi connectivity index (χ0n) is 35.1. The molecule has 63 heavy (non-hydrogen) atoms. The lowest BCUT2D eigenvalue weighted by Gasteiger charge is -2.22. The molecule has 1 heterocycles. The fourth-order valence-corrected chi connectivity index (χ4v) is 11.1. The van der Waals surface area contributed by atoms with Crippen molar-refractivity contribution in [2.45, 2.75) is 38.5 Å². The van der Waals surface area contributed by atoms with Gasteiger partial charge in [0.15, 0.2) is 0 Å². The first-order valence-corrected chi connectivity index (χ1v) is 22.7. The maximum absolute atomic E-state index is 6.09. The number of aromatic nitrogens is 2. The van der Waals surface area contributed by atoms with E-state index in [2.05, 4.69) is 199 Å². The van der Waals surface area contributed by atoms with Gasteiger partial charge in [0.25, 0.3) is 0 Å². The monoisotopic (exact) mass is 804 g/mol. The minimum absolute atomic E-state index is 0.980. The molecule has 0 bridgehead atoms. The highest BCUT2D eigenvalue weighted by molar-refractivity contribution is 6.22. The molecule has 0 radical (unpaired) electrons. The predicted molar refractivity (Wildman–Crippen MR) is 268 cm³/mol. The molecule has 0 spiro atoms. The first kappa shape index (κ1) is 36.1. The average Bonchev–Trinajstić information content (AvgIpc) is 3.73. The van der Waals surface area contributed by atoms with Crippen molar-refractivity contribution >= 4 is 83.6 Å². The van der Waals surface area contributed by atoms with Gasteiger partial charge in [0.2, 0.25) is 0 Å². The Morgan fingerprint density at radius 3 is 1.67 bits per heavy atom. The Kier molecular flexibility index (Phi) is 8.34. The molecule has 0 saturated carbocycles. The normalized spacial score (nSPS) is 14.7. The number of allylic oxidation sites excluding steroid dienone is 4. The van der Waals surface area contributed by atoms with E-state index in [1.54, 1.807) is 0 Å². The molecule has 0 amide bonds. The third-order valence-corrected chi connectivity index (χ3v) is 13.9. The first-order valence-electron chi connectivity index (χ1n) is 22.7. The lowest BCUT2D eigenvalue weighted by molar-refractivity contribution is 1.01. The SMILES string of the molecule is C1=CC(n2c(-c3c4c(c(C5=c6ccccc6=CCC5)c5ccccc35)=CCCC=4)nc3c(-c4ccc5ccccc5c4)c4ccccc4c(-c4ccc5ccccc5c4)c32)=CCC1. The van der Waals surface area contributed by atoms with Gasteiger partial charge in [-0.25, -0.2) is 4.98 Å². The molecular formula is C61H44N2. The summed E-state index contributed by atoms with van der Waals surface area (Å²) in [5.74, 6) is 0.995. The summed E-state index contributed by atoms with van der Waals surface area (Å²) in [4.78, 5) is 6.09. The van der Waals surface area contributed by atoms with E-state index < -0.39 is 0 Å². The van der Waals surface area contributed by atoms with Crippen LogP contribution >= 0.6 is 0 Å². The summed E-state index contributed by atoms with van der Waals surface area (Å²) in [5, 5.41) is 15.3. The Labute approximate surface area is 366 Å². The molecule has 9 aromatic carbocycles. The molecule has 13 rings (SSSR count). The van der Waals surface area contributed by atoms with Crippen molar-refractivity contribution in [2.75, 3.05) is 0 Å². The third kappa shape index (κ3) is 5.68. The van der Waals surface area contributed by atoms with Crippen LogP contribution in [-0.2, 0) is 0 Å². The van der Waals surface area contributed by atoms with Gasteiger partial charge in [-0.3, -0.25) is 4.57 Å². The van der Waals surface area contributed by atoms with Crippen molar-refractivity contribution in [1.82, 2.24) is 9.55 Å². The lowest BCUT2D eigenvalue weighted by Crippen LogP contribution is -2.37. The average molecular weight is 805 g/mol. The van der Waals surface area contributed by atoms with Crippen LogP contribution in [0.15, 0.2) is 176 Å². The second-order valence-corrected chi connectivity index (χ2v) is 17.4. The molecule has 3 aliphatic carbocycles. The molecule has 10 aromatic rings. The summed E-state index contributed by atoms with van der Waals surface area (Å²) in [6.07, 6.45) is 20.7. The van der Waals surface area contributed by atoms with E-state index in [-0.39, 0.29) is 0 Å². The van der Waals surface area contributed by atoms with Crippen molar-refractivity contribution in [3.63, 3.8) is 0 Å². The standard InChI is InChI=1S/C61H44N2/c1-2-23-46(24-3-1)63-60-56(45-36-34-40-18-5-7-21-43(40)38-45)50-27-11-10-26-49(50)55(44-35-33-39-17-4-6-20-42(39)37-44)59(60)62-61(63)58-53-30-14-12-28-51(53)57(52-29-13-15-31-54(52)58)48-32-16-22-41-19-8-9-25-47(41)48/h2,4-12,14,17-31,33-38H,1,3,13,15-16,32H2. The topological polar surface area (TPSA) is 17.8 Å². The van der Waals surface area contributed by atoms with Crippen molar-refractivity contribution in [2.24, 2.45) is 0 Å². The highest BCUT2D eigenvalue weighted by Crippen LogP contribution is 2.47. The number of hydrogen-bond acceptors (Lipinski definition) is 1. The molecule has 0 unspecified atom stereocenters. The van der Waals surface area contributed by atoms with Crippen molar-refractivity contribution in [1.29, 1.82) is 0 Å². The van der Waals surface area contributed by atoms with Crippen LogP contribution in [0.5, 0.6) is 0 Å². The maximum Gasteiger partial charge on any atom is 0.147 e. The van der Waals surface area contributed by atoms with Gasteiger partial charge in [-0.15, -0.1) is 0 Å². The predicted octanol–water partition coefficient (Wildman–Crippen LogP) is 13.0. The van der Waals surface area contributed by atoms with E-state index in [1.807, 2.05) is 0 Å². The number of hydrogen-bond donors (Lipinski definition) is 0. The Balaban J connectivity index is 1.24. The largest absolute Gasteiger partial charge is 0.292 e. The number of fused-ring (bicyclic) bond motifs is 7. The van der Waals surface area contributed by atoms with E-state index in [0.29, 0.717) is 0 Å². The molecule has 0 saturated heterocycles. The van der Waals surface area contributed by atoms with Gasteiger partial charge in [-0.05, 0) is 143 Å². The minimum Gasteiger partial charge on any atom is -0.292 e. The van der Waals surface area contributed by atoms with Gasteiger partial charge in [-0.2, -0.15) is 0 Å². The molecule has 2 nitrogen and oxygen atoms in total. The van der Waals surface area contributed by atoms with Gasteiger partial charge < -0.3 is 0 Å². The molecule has 0 atom stereocenters. The molecule has 0 fully saturated rings. The Hall–Kier alpha value is -7.55. The maximum atomic E-state index is 6.09. The Morgan fingerprint density at radius 2 is 0.984 bits per heavy atom. The summed E-state index contributed by atoms with van der Waals surface area (Å²) in [6, 6.07) is 58.6. The van der Waals surface area contributed by atoms with Crippen LogP contribution in [0.3, 0.4) is 0 Å². The Morgan fingerprint density at radius 1 is 0.429 bits per heavy atom. The van der Waals surface area contributed by atoms with E-state index in [4.69, 9.17) is 4.98 Å². The third-order valence-electron chi connectivity index (χ3n) is 13.9. The van der Waals surface area contributed by atoms with Crippen LogP contribution in [-0.4, -0.2) is 9.55 Å². The fraction of sp³-hybridized carbons (Fsp3) is 0.0984. The van der Waals surface area contributed by atoms with Gasteiger partial charge in [0.05, 0.1) is 11.0 Å². The van der Waals surface area contributed by atoms with Crippen LogP contribution in [0.25, 0.3) is 117 Å².